The number of hydrogen-bond acceptors (Lipinski definition) is 7. The van der Waals surface area contributed by atoms with E-state index in [1.807, 2.05) is 6.92 Å². The van der Waals surface area contributed by atoms with Crippen molar-refractivity contribution >= 4 is 41.0 Å². The Morgan fingerprint density at radius 3 is 2.96 bits per heavy atom. The number of nitro groups is 1. The van der Waals surface area contributed by atoms with Crippen LogP contribution in [-0.2, 0) is 7.05 Å². The van der Waals surface area contributed by atoms with Gasteiger partial charge in [-0.05, 0) is 37.0 Å². The summed E-state index contributed by atoms with van der Waals surface area (Å²) in [5.41, 5.74) is 4.11. The first-order valence-electron chi connectivity index (χ1n) is 7.38. The number of nitrogens with zero attached hydrogens (tertiary/aromatic N) is 5. The Hall–Kier alpha value is -2.79. The molecule has 0 atom stereocenters. The minimum atomic E-state index is -0.442. The maximum Gasteiger partial charge on any atom is 0.283 e. The molecule has 1 aromatic heterocycles. The minimum Gasteiger partial charge on any atom is -0.358 e. The molecule has 11 heteroatoms. The Labute approximate surface area is 159 Å². The highest BCUT2D eigenvalue weighted by atomic mass is 32.2. The third kappa shape index (κ3) is 5.63. The maximum atomic E-state index is 11.4. The highest BCUT2D eigenvalue weighted by molar-refractivity contribution is 7.99. The number of aryl methyl sites for hydroxylation is 1. The lowest BCUT2D eigenvalue weighted by molar-refractivity contribution is -0.387. The Balaban J connectivity index is 2.09. The van der Waals surface area contributed by atoms with Crippen LogP contribution in [-0.4, -0.2) is 37.6 Å². The van der Waals surface area contributed by atoms with Crippen molar-refractivity contribution in [2.24, 2.45) is 12.1 Å². The van der Waals surface area contributed by atoms with Gasteiger partial charge in [-0.3, -0.25) is 15.5 Å². The van der Waals surface area contributed by atoms with E-state index < -0.39 is 4.92 Å². The standard InChI is InChI=1S/C15H17N7O2S2/c1-10(2)7-16-14(25)19-17-8-11-4-5-13(12(6-11)22(23)24)26-15-20-18-9-21(15)3/h4-6,8-9H,1,7H2,2-3H3,(H2,16,19,25)/b17-8-. The number of hydrazone groups is 1. The fraction of sp³-hybridized carbons (Fsp3) is 0.200. The van der Waals surface area contributed by atoms with E-state index in [4.69, 9.17) is 12.2 Å². The van der Waals surface area contributed by atoms with Gasteiger partial charge in [-0.2, -0.15) is 5.10 Å². The first-order chi connectivity index (χ1) is 12.4. The van der Waals surface area contributed by atoms with E-state index in [9.17, 15) is 10.1 Å². The number of nitrogens with one attached hydrogen (secondary N) is 2. The van der Waals surface area contributed by atoms with Gasteiger partial charge in [0.1, 0.15) is 6.33 Å². The number of benzene rings is 1. The van der Waals surface area contributed by atoms with Crippen LogP contribution < -0.4 is 10.7 Å². The van der Waals surface area contributed by atoms with E-state index in [2.05, 4.69) is 32.6 Å². The van der Waals surface area contributed by atoms with Gasteiger partial charge in [0.2, 0.25) is 0 Å². The van der Waals surface area contributed by atoms with Crippen molar-refractivity contribution in [1.82, 2.24) is 25.5 Å². The number of hydrogen-bond donors (Lipinski definition) is 2. The molecule has 26 heavy (non-hydrogen) atoms. The summed E-state index contributed by atoms with van der Waals surface area (Å²) in [6.45, 7) is 6.17. The summed E-state index contributed by atoms with van der Waals surface area (Å²) in [4.78, 5) is 11.4. The molecule has 0 amide bonds. The van der Waals surface area contributed by atoms with Crippen LogP contribution >= 0.6 is 24.0 Å². The molecule has 9 nitrogen and oxygen atoms in total. The highest BCUT2D eigenvalue weighted by Crippen LogP contribution is 2.33. The van der Waals surface area contributed by atoms with Gasteiger partial charge < -0.3 is 9.88 Å². The average Bonchev–Trinajstić information content (AvgIpc) is 2.99. The van der Waals surface area contributed by atoms with E-state index in [1.165, 1.54) is 30.4 Å². The normalized spacial score (nSPS) is 10.7. The van der Waals surface area contributed by atoms with Gasteiger partial charge in [0.25, 0.3) is 5.69 Å². The summed E-state index contributed by atoms with van der Waals surface area (Å²) in [5.74, 6) is 0. The predicted molar refractivity (Wildman–Crippen MR) is 104 cm³/mol. The Kier molecular flexibility index (Phi) is 6.81. The molecule has 0 aliphatic heterocycles. The van der Waals surface area contributed by atoms with Crippen molar-refractivity contribution < 1.29 is 4.92 Å². The minimum absolute atomic E-state index is 0.0371. The molecule has 0 fully saturated rings. The second-order valence-corrected chi connectivity index (χ2v) is 6.74. The molecule has 0 aliphatic carbocycles. The fourth-order valence-corrected chi connectivity index (χ4v) is 2.72. The zero-order chi connectivity index (χ0) is 19.1. The van der Waals surface area contributed by atoms with Crippen LogP contribution in [0.3, 0.4) is 0 Å². The molecule has 1 aromatic carbocycles. The molecule has 0 radical (unpaired) electrons. The molecule has 2 N–H and O–H groups in total. The van der Waals surface area contributed by atoms with E-state index in [0.29, 0.717) is 27.3 Å². The molecular formula is C15H17N7O2S2. The quantitative estimate of drug-likeness (QED) is 0.243. The lowest BCUT2D eigenvalue weighted by Crippen LogP contribution is -2.32. The largest absolute Gasteiger partial charge is 0.358 e. The first-order valence-corrected chi connectivity index (χ1v) is 8.61. The van der Waals surface area contributed by atoms with Crippen molar-refractivity contribution in [2.45, 2.75) is 17.0 Å². The van der Waals surface area contributed by atoms with E-state index >= 15 is 0 Å². The van der Waals surface area contributed by atoms with Crippen molar-refractivity contribution in [3.8, 4) is 0 Å². The van der Waals surface area contributed by atoms with Gasteiger partial charge in [0.15, 0.2) is 10.3 Å². The van der Waals surface area contributed by atoms with Gasteiger partial charge in [-0.1, -0.05) is 18.2 Å². The summed E-state index contributed by atoms with van der Waals surface area (Å²) in [6, 6.07) is 4.81. The zero-order valence-electron chi connectivity index (χ0n) is 14.2. The van der Waals surface area contributed by atoms with Gasteiger partial charge >= 0.3 is 0 Å². The van der Waals surface area contributed by atoms with Crippen LogP contribution in [0.25, 0.3) is 0 Å². The predicted octanol–water partition coefficient (Wildman–Crippen LogP) is 2.25. The SMILES string of the molecule is C=C(C)CNC(=S)N/N=C\c1ccc(Sc2nncn2C)c([N+](=O)[O-])c1. The third-order valence-electron chi connectivity index (χ3n) is 2.98. The van der Waals surface area contributed by atoms with Crippen LogP contribution in [0.5, 0.6) is 0 Å². The molecule has 0 saturated heterocycles. The van der Waals surface area contributed by atoms with Gasteiger partial charge in [0, 0.05) is 25.2 Å². The summed E-state index contributed by atoms with van der Waals surface area (Å²) < 4.78 is 1.69. The van der Waals surface area contributed by atoms with E-state index in [-0.39, 0.29) is 5.69 Å². The van der Waals surface area contributed by atoms with Gasteiger partial charge in [0.05, 0.1) is 16.0 Å². The second kappa shape index (κ2) is 9.06. The molecule has 2 rings (SSSR count). The van der Waals surface area contributed by atoms with Crippen LogP contribution in [0.15, 0.2) is 51.8 Å². The first kappa shape index (κ1) is 19.5. The molecule has 0 saturated carbocycles. The number of nitro benzene ring substituents is 1. The summed E-state index contributed by atoms with van der Waals surface area (Å²) in [5, 5.41) is 26.8. The van der Waals surface area contributed by atoms with Crippen molar-refractivity contribution in [1.29, 1.82) is 0 Å². The van der Waals surface area contributed by atoms with E-state index in [1.54, 1.807) is 23.7 Å². The summed E-state index contributed by atoms with van der Waals surface area (Å²) in [7, 11) is 1.77. The number of aromatic nitrogens is 3. The molecule has 0 aliphatic rings. The lowest BCUT2D eigenvalue weighted by atomic mass is 10.2. The van der Waals surface area contributed by atoms with Crippen molar-refractivity contribution in [2.75, 3.05) is 6.54 Å². The molecule has 0 bridgehead atoms. The number of rotatable bonds is 7. The molecule has 2 aromatic rings. The summed E-state index contributed by atoms with van der Waals surface area (Å²) >= 11 is 6.22. The fourth-order valence-electron chi connectivity index (χ4n) is 1.74. The van der Waals surface area contributed by atoms with Gasteiger partial charge in [-0.15, -0.1) is 10.2 Å². The van der Waals surface area contributed by atoms with Crippen molar-refractivity contribution in [3.05, 3.63) is 52.4 Å². The van der Waals surface area contributed by atoms with Gasteiger partial charge in [-0.25, -0.2) is 0 Å². The summed E-state index contributed by atoms with van der Waals surface area (Å²) in [6.07, 6.45) is 2.99. The monoisotopic (exact) mass is 391 g/mol. The molecule has 0 unspecified atom stereocenters. The Morgan fingerprint density at radius 2 is 2.35 bits per heavy atom. The highest BCUT2D eigenvalue weighted by Gasteiger charge is 2.17. The smallest absolute Gasteiger partial charge is 0.283 e. The molecule has 0 spiro atoms. The van der Waals surface area contributed by atoms with Crippen LogP contribution in [0.4, 0.5) is 5.69 Å². The molecular weight excluding hydrogens is 374 g/mol. The topological polar surface area (TPSA) is 110 Å². The van der Waals surface area contributed by atoms with Crippen LogP contribution in [0, 0.1) is 10.1 Å². The van der Waals surface area contributed by atoms with Crippen LogP contribution in [0.1, 0.15) is 12.5 Å². The Bertz CT molecular complexity index is 863. The Morgan fingerprint density at radius 1 is 1.58 bits per heavy atom. The average molecular weight is 391 g/mol. The van der Waals surface area contributed by atoms with Crippen LogP contribution in [0.2, 0.25) is 0 Å². The van der Waals surface area contributed by atoms with Crippen molar-refractivity contribution in [3.63, 3.8) is 0 Å². The third-order valence-corrected chi connectivity index (χ3v) is 4.33. The maximum absolute atomic E-state index is 11.4. The van der Waals surface area contributed by atoms with E-state index in [0.717, 1.165) is 5.57 Å². The lowest BCUT2D eigenvalue weighted by Gasteiger charge is -2.06. The molecule has 136 valence electrons. The second-order valence-electron chi connectivity index (χ2n) is 5.32. The molecule has 1 heterocycles. The zero-order valence-corrected chi connectivity index (χ0v) is 15.8. The number of thiocarbonyl (C=S) groups is 1.